The Balaban J connectivity index is 2.20. The number of sulfonamides is 1. The molecule has 0 amide bonds. The summed E-state index contributed by atoms with van der Waals surface area (Å²) in [6, 6.07) is 13.0. The second-order valence-corrected chi connectivity index (χ2v) is 10.5. The van der Waals surface area contributed by atoms with Gasteiger partial charge in [-0.25, -0.2) is 21.9 Å². The van der Waals surface area contributed by atoms with Crippen LogP contribution in [0, 0.1) is 38.3 Å². The highest BCUT2D eigenvalue weighted by molar-refractivity contribution is 7.89. The number of halogens is 2. The van der Waals surface area contributed by atoms with E-state index in [-0.39, 0.29) is 21.9 Å². The normalized spacial score (nSPS) is 13.4. The molecule has 3 rings (SSSR count). The summed E-state index contributed by atoms with van der Waals surface area (Å²) < 4.78 is 57.2. The summed E-state index contributed by atoms with van der Waals surface area (Å²) in [5, 5.41) is 12.1. The first kappa shape index (κ1) is 25.0. The van der Waals surface area contributed by atoms with E-state index in [2.05, 4.69) is 4.72 Å². The van der Waals surface area contributed by atoms with Gasteiger partial charge < -0.3 is 5.11 Å². The first-order valence-electron chi connectivity index (χ1n) is 10.7. The van der Waals surface area contributed by atoms with E-state index >= 15 is 0 Å². The molecule has 0 heterocycles. The molecule has 0 radical (unpaired) electrons. The molecular formula is C26H29F2NO3S. The largest absolute Gasteiger partial charge is 0.379 e. The third kappa shape index (κ3) is 5.00. The van der Waals surface area contributed by atoms with Crippen LogP contribution in [-0.2, 0) is 15.6 Å². The number of benzene rings is 3. The van der Waals surface area contributed by atoms with Gasteiger partial charge in [-0.1, -0.05) is 55.8 Å². The zero-order valence-electron chi connectivity index (χ0n) is 19.4. The molecule has 33 heavy (non-hydrogen) atoms. The molecule has 0 saturated heterocycles. The van der Waals surface area contributed by atoms with Gasteiger partial charge in [0.25, 0.3) is 0 Å². The first-order valence-corrected chi connectivity index (χ1v) is 12.2. The standard InChI is InChI=1S/C26H29F2NO3S/c1-16(2)25(29-33(31,32)24-18(4)14-17(3)15-19(24)5)26(30,20-6-10-22(27)11-7-20)21-8-12-23(28)13-9-21/h6-16,25,29-30H,1-5H3/t25-/m0/s1. The van der Waals surface area contributed by atoms with E-state index < -0.39 is 33.3 Å². The molecule has 0 aromatic heterocycles. The Kier molecular flexibility index (Phi) is 7.07. The van der Waals surface area contributed by atoms with Gasteiger partial charge in [0.05, 0.1) is 10.9 Å². The Hall–Kier alpha value is -2.61. The minimum absolute atomic E-state index is 0.152. The fraction of sp³-hybridized carbons (Fsp3) is 0.308. The van der Waals surface area contributed by atoms with E-state index in [0.717, 1.165) is 5.56 Å². The van der Waals surface area contributed by atoms with Crippen molar-refractivity contribution < 1.29 is 22.3 Å². The van der Waals surface area contributed by atoms with Crippen molar-refractivity contribution in [3.8, 4) is 0 Å². The highest BCUT2D eigenvalue weighted by Crippen LogP contribution is 2.37. The monoisotopic (exact) mass is 473 g/mol. The average Bonchev–Trinajstić information content (AvgIpc) is 2.71. The second kappa shape index (κ2) is 9.33. The molecule has 0 fully saturated rings. The van der Waals surface area contributed by atoms with Gasteiger partial charge in [-0.2, -0.15) is 0 Å². The van der Waals surface area contributed by atoms with E-state index in [1.54, 1.807) is 39.8 Å². The quantitative estimate of drug-likeness (QED) is 0.500. The zero-order valence-corrected chi connectivity index (χ0v) is 20.2. The van der Waals surface area contributed by atoms with Crippen LogP contribution in [0.3, 0.4) is 0 Å². The van der Waals surface area contributed by atoms with Crippen molar-refractivity contribution in [2.45, 2.75) is 51.2 Å². The highest BCUT2D eigenvalue weighted by Gasteiger charge is 2.44. The summed E-state index contributed by atoms with van der Waals surface area (Å²) in [4.78, 5) is 0.152. The predicted molar refractivity (Wildman–Crippen MR) is 125 cm³/mol. The van der Waals surface area contributed by atoms with E-state index in [9.17, 15) is 22.3 Å². The van der Waals surface area contributed by atoms with Crippen LogP contribution in [0.2, 0.25) is 0 Å². The SMILES string of the molecule is Cc1cc(C)c(S(=O)(=O)N[C@@H](C(C)C)C(O)(c2ccc(F)cc2)c2ccc(F)cc2)c(C)c1. The Labute approximate surface area is 194 Å². The van der Waals surface area contributed by atoms with Crippen LogP contribution in [0.5, 0.6) is 0 Å². The molecule has 7 heteroatoms. The predicted octanol–water partition coefficient (Wildman–Crippen LogP) is 5.13. The molecule has 0 aliphatic carbocycles. The minimum atomic E-state index is -4.06. The number of nitrogens with one attached hydrogen (secondary N) is 1. The second-order valence-electron chi connectivity index (χ2n) is 8.85. The molecule has 3 aromatic carbocycles. The number of aryl methyl sites for hydroxylation is 3. The van der Waals surface area contributed by atoms with Gasteiger partial charge in [-0.3, -0.25) is 0 Å². The molecule has 0 aliphatic heterocycles. The molecule has 0 saturated carbocycles. The van der Waals surface area contributed by atoms with Gasteiger partial charge in [0.2, 0.25) is 10.0 Å². The van der Waals surface area contributed by atoms with Crippen LogP contribution < -0.4 is 4.72 Å². The molecule has 176 valence electrons. The highest BCUT2D eigenvalue weighted by atomic mass is 32.2. The number of hydrogen-bond acceptors (Lipinski definition) is 3. The fourth-order valence-electron chi connectivity index (χ4n) is 4.45. The van der Waals surface area contributed by atoms with Crippen molar-refractivity contribution >= 4 is 10.0 Å². The van der Waals surface area contributed by atoms with Gasteiger partial charge >= 0.3 is 0 Å². The van der Waals surface area contributed by atoms with Crippen molar-refractivity contribution in [3.05, 3.63) is 100 Å². The van der Waals surface area contributed by atoms with Crippen LogP contribution >= 0.6 is 0 Å². The summed E-state index contributed by atoms with van der Waals surface area (Å²) in [6.07, 6.45) is 0. The molecule has 3 aromatic rings. The zero-order chi connectivity index (χ0) is 24.6. The lowest BCUT2D eigenvalue weighted by Gasteiger charge is -2.40. The molecule has 1 atom stereocenters. The van der Waals surface area contributed by atoms with E-state index in [1.165, 1.54) is 48.5 Å². The fourth-order valence-corrected chi connectivity index (χ4v) is 6.31. The summed E-state index contributed by atoms with van der Waals surface area (Å²) in [7, 11) is -4.06. The number of hydrogen-bond donors (Lipinski definition) is 2. The van der Waals surface area contributed by atoms with Crippen molar-refractivity contribution in [3.63, 3.8) is 0 Å². The minimum Gasteiger partial charge on any atom is -0.379 e. The molecule has 2 N–H and O–H groups in total. The van der Waals surface area contributed by atoms with E-state index in [4.69, 9.17) is 0 Å². The Morgan fingerprint density at radius 2 is 1.21 bits per heavy atom. The maximum absolute atomic E-state index is 13.7. The molecule has 4 nitrogen and oxygen atoms in total. The smallest absolute Gasteiger partial charge is 0.241 e. The number of rotatable bonds is 7. The van der Waals surface area contributed by atoms with Gasteiger partial charge in [-0.05, 0) is 73.2 Å². The molecule has 0 bridgehead atoms. The number of aliphatic hydroxyl groups is 1. The lowest BCUT2D eigenvalue weighted by Crippen LogP contribution is -2.54. The third-order valence-electron chi connectivity index (χ3n) is 5.84. The average molecular weight is 474 g/mol. The first-order chi connectivity index (χ1) is 15.4. The van der Waals surface area contributed by atoms with Crippen LogP contribution in [-0.4, -0.2) is 19.6 Å². The molecular weight excluding hydrogens is 444 g/mol. The van der Waals surface area contributed by atoms with Crippen LogP contribution in [0.25, 0.3) is 0 Å². The van der Waals surface area contributed by atoms with Crippen LogP contribution in [0.1, 0.15) is 41.7 Å². The topological polar surface area (TPSA) is 66.4 Å². The van der Waals surface area contributed by atoms with Crippen molar-refractivity contribution in [1.82, 2.24) is 4.72 Å². The van der Waals surface area contributed by atoms with Crippen molar-refractivity contribution in [2.75, 3.05) is 0 Å². The van der Waals surface area contributed by atoms with Gasteiger partial charge in [0.15, 0.2) is 0 Å². The summed E-state index contributed by atoms with van der Waals surface area (Å²) in [5.41, 5.74) is 0.807. The maximum Gasteiger partial charge on any atom is 0.241 e. The Morgan fingerprint density at radius 3 is 1.58 bits per heavy atom. The third-order valence-corrected chi connectivity index (χ3v) is 7.59. The Morgan fingerprint density at radius 1 is 0.818 bits per heavy atom. The summed E-state index contributed by atoms with van der Waals surface area (Å²) in [6.45, 7) is 8.90. The van der Waals surface area contributed by atoms with Gasteiger partial charge in [0, 0.05) is 0 Å². The van der Waals surface area contributed by atoms with Crippen molar-refractivity contribution in [1.29, 1.82) is 0 Å². The van der Waals surface area contributed by atoms with Crippen molar-refractivity contribution in [2.24, 2.45) is 5.92 Å². The van der Waals surface area contributed by atoms with Crippen LogP contribution in [0.4, 0.5) is 8.78 Å². The van der Waals surface area contributed by atoms with Crippen LogP contribution in [0.15, 0.2) is 65.6 Å². The molecule has 0 spiro atoms. The summed E-state index contributed by atoms with van der Waals surface area (Å²) in [5.74, 6) is -1.37. The van der Waals surface area contributed by atoms with E-state index in [1.807, 2.05) is 6.92 Å². The summed E-state index contributed by atoms with van der Waals surface area (Å²) >= 11 is 0. The Bertz CT molecular complexity index is 1170. The molecule has 0 unspecified atom stereocenters. The van der Waals surface area contributed by atoms with Gasteiger partial charge in [0.1, 0.15) is 17.2 Å². The maximum atomic E-state index is 13.7. The molecule has 0 aliphatic rings. The van der Waals surface area contributed by atoms with E-state index in [0.29, 0.717) is 11.1 Å². The lowest BCUT2D eigenvalue weighted by molar-refractivity contribution is 0.0283. The lowest BCUT2D eigenvalue weighted by atomic mass is 9.76. The van der Waals surface area contributed by atoms with Gasteiger partial charge in [-0.15, -0.1) is 0 Å².